The predicted octanol–water partition coefficient (Wildman–Crippen LogP) is 3.64. The first kappa shape index (κ1) is 21.8. The van der Waals surface area contributed by atoms with Crippen LogP contribution in [0.5, 0.6) is 0 Å². The molecule has 0 aliphatic carbocycles. The number of para-hydroxylation sites is 1. The van der Waals surface area contributed by atoms with Crippen molar-refractivity contribution in [1.82, 2.24) is 0 Å². The molecule has 3 rings (SSSR count). The van der Waals surface area contributed by atoms with Gasteiger partial charge in [0.05, 0.1) is 21.7 Å². The highest BCUT2D eigenvalue weighted by molar-refractivity contribution is 5.98. The molecule has 1 amide bonds. The van der Waals surface area contributed by atoms with Gasteiger partial charge >= 0.3 is 5.97 Å². The van der Waals surface area contributed by atoms with Crippen LogP contribution in [0.15, 0.2) is 42.5 Å². The highest BCUT2D eigenvalue weighted by Crippen LogP contribution is 2.31. The summed E-state index contributed by atoms with van der Waals surface area (Å²) in [4.78, 5) is 37.9. The highest BCUT2D eigenvalue weighted by Gasteiger charge is 2.25. The third kappa shape index (κ3) is 5.17. The van der Waals surface area contributed by atoms with Crippen LogP contribution in [0.4, 0.5) is 17.1 Å². The number of rotatable bonds is 6. The van der Waals surface area contributed by atoms with Crippen molar-refractivity contribution < 1.29 is 19.2 Å². The van der Waals surface area contributed by atoms with Crippen LogP contribution in [-0.4, -0.2) is 36.0 Å². The van der Waals surface area contributed by atoms with E-state index in [4.69, 9.17) is 10.00 Å². The molecule has 160 valence electrons. The maximum atomic E-state index is 12.5. The Balaban J connectivity index is 1.72. The summed E-state index contributed by atoms with van der Waals surface area (Å²) in [6, 6.07) is 12.6. The van der Waals surface area contributed by atoms with Gasteiger partial charge in [-0.05, 0) is 50.5 Å². The van der Waals surface area contributed by atoms with Gasteiger partial charge in [-0.3, -0.25) is 14.9 Å². The number of nitro groups is 1. The fraction of sp³-hybridized carbons (Fsp3) is 0.318. The van der Waals surface area contributed by atoms with E-state index in [1.807, 2.05) is 11.0 Å². The first-order chi connectivity index (χ1) is 14.9. The van der Waals surface area contributed by atoms with Gasteiger partial charge < -0.3 is 15.0 Å². The van der Waals surface area contributed by atoms with Crippen LogP contribution in [0.25, 0.3) is 0 Å². The average molecular weight is 422 g/mol. The van der Waals surface area contributed by atoms with E-state index >= 15 is 0 Å². The minimum absolute atomic E-state index is 0.00969. The number of amides is 1. The minimum Gasteiger partial charge on any atom is -0.449 e. The molecular formula is C22H22N4O5. The Morgan fingerprint density at radius 2 is 1.90 bits per heavy atom. The van der Waals surface area contributed by atoms with Crippen LogP contribution in [0.1, 0.15) is 42.1 Å². The normalized spacial score (nSPS) is 14.3. The van der Waals surface area contributed by atoms with Gasteiger partial charge in [0.1, 0.15) is 11.8 Å². The molecule has 0 unspecified atom stereocenters. The summed E-state index contributed by atoms with van der Waals surface area (Å²) >= 11 is 0. The Labute approximate surface area is 179 Å². The quantitative estimate of drug-likeness (QED) is 0.428. The van der Waals surface area contributed by atoms with Gasteiger partial charge in [0.25, 0.3) is 11.6 Å². The lowest BCUT2D eigenvalue weighted by Crippen LogP contribution is -2.31. The number of anilines is 2. The molecule has 9 heteroatoms. The Morgan fingerprint density at radius 1 is 1.19 bits per heavy atom. The number of ether oxygens (including phenoxy) is 1. The van der Waals surface area contributed by atoms with Crippen LogP contribution >= 0.6 is 0 Å². The second-order valence-corrected chi connectivity index (χ2v) is 7.20. The van der Waals surface area contributed by atoms with E-state index in [2.05, 4.69) is 5.32 Å². The number of esters is 1. The molecule has 1 saturated heterocycles. The number of nitrogens with zero attached hydrogens (tertiary/aromatic N) is 3. The molecular weight excluding hydrogens is 400 g/mol. The van der Waals surface area contributed by atoms with Gasteiger partial charge in [0.15, 0.2) is 6.10 Å². The summed E-state index contributed by atoms with van der Waals surface area (Å²) in [5, 5.41) is 23.2. The van der Waals surface area contributed by atoms with Crippen molar-refractivity contribution in [2.75, 3.05) is 23.3 Å². The first-order valence-electron chi connectivity index (χ1n) is 9.95. The maximum absolute atomic E-state index is 12.5. The van der Waals surface area contributed by atoms with E-state index in [9.17, 15) is 19.7 Å². The smallest absolute Gasteiger partial charge is 0.339 e. The third-order valence-corrected chi connectivity index (χ3v) is 5.06. The van der Waals surface area contributed by atoms with Crippen molar-refractivity contribution in [2.45, 2.75) is 32.3 Å². The van der Waals surface area contributed by atoms with Gasteiger partial charge in [0, 0.05) is 19.2 Å². The number of benzene rings is 2. The van der Waals surface area contributed by atoms with E-state index in [0.29, 0.717) is 11.4 Å². The van der Waals surface area contributed by atoms with Crippen LogP contribution in [-0.2, 0) is 9.53 Å². The van der Waals surface area contributed by atoms with E-state index in [0.717, 1.165) is 32.4 Å². The second-order valence-electron chi connectivity index (χ2n) is 7.20. The molecule has 1 N–H and O–H groups in total. The molecule has 0 aromatic heterocycles. The van der Waals surface area contributed by atoms with E-state index in [1.54, 1.807) is 30.3 Å². The molecule has 0 radical (unpaired) electrons. The van der Waals surface area contributed by atoms with Crippen molar-refractivity contribution in [1.29, 1.82) is 5.26 Å². The largest absolute Gasteiger partial charge is 0.449 e. The molecule has 1 heterocycles. The summed E-state index contributed by atoms with van der Waals surface area (Å²) in [6.07, 6.45) is 1.85. The van der Waals surface area contributed by atoms with Gasteiger partial charge in [0.2, 0.25) is 0 Å². The van der Waals surface area contributed by atoms with Gasteiger partial charge in [-0.1, -0.05) is 12.1 Å². The Kier molecular flexibility index (Phi) is 6.82. The average Bonchev–Trinajstić information content (AvgIpc) is 2.79. The number of nitrogens with one attached hydrogen (secondary N) is 1. The summed E-state index contributed by atoms with van der Waals surface area (Å²) in [5.74, 6) is -1.46. The van der Waals surface area contributed by atoms with Crippen molar-refractivity contribution in [2.24, 2.45) is 0 Å². The number of piperidine rings is 1. The molecule has 0 spiro atoms. The number of hydrogen-bond donors (Lipinski definition) is 1. The zero-order valence-corrected chi connectivity index (χ0v) is 17.0. The fourth-order valence-electron chi connectivity index (χ4n) is 3.40. The van der Waals surface area contributed by atoms with E-state index < -0.39 is 22.9 Å². The second kappa shape index (κ2) is 9.71. The lowest BCUT2D eigenvalue weighted by atomic mass is 10.1. The topological polar surface area (TPSA) is 126 Å². The SMILES string of the molecule is C[C@@H](OC(=O)c1ccc(N2CCCCC2)c([N+](=O)[O-])c1)C(=O)Nc1ccccc1C#N. The number of nitro benzene ring substituents is 1. The molecule has 1 fully saturated rings. The van der Waals surface area contributed by atoms with Crippen LogP contribution < -0.4 is 10.2 Å². The highest BCUT2D eigenvalue weighted by atomic mass is 16.6. The van der Waals surface area contributed by atoms with Gasteiger partial charge in [-0.2, -0.15) is 5.26 Å². The Bertz CT molecular complexity index is 1040. The molecule has 2 aromatic rings. The van der Waals surface area contributed by atoms with E-state index in [1.165, 1.54) is 19.1 Å². The lowest BCUT2D eigenvalue weighted by molar-refractivity contribution is -0.384. The summed E-state index contributed by atoms with van der Waals surface area (Å²) in [7, 11) is 0. The van der Waals surface area contributed by atoms with Crippen LogP contribution in [0.3, 0.4) is 0 Å². The zero-order valence-electron chi connectivity index (χ0n) is 17.0. The predicted molar refractivity (Wildman–Crippen MR) is 114 cm³/mol. The van der Waals surface area contributed by atoms with Crippen molar-refractivity contribution in [3.8, 4) is 6.07 Å². The van der Waals surface area contributed by atoms with Gasteiger partial charge in [-0.15, -0.1) is 0 Å². The minimum atomic E-state index is -1.17. The maximum Gasteiger partial charge on any atom is 0.339 e. The first-order valence-corrected chi connectivity index (χ1v) is 9.95. The Morgan fingerprint density at radius 3 is 2.58 bits per heavy atom. The molecule has 2 aromatic carbocycles. The lowest BCUT2D eigenvalue weighted by Gasteiger charge is -2.28. The monoisotopic (exact) mass is 422 g/mol. The number of nitriles is 1. The Hall–Kier alpha value is -3.93. The zero-order chi connectivity index (χ0) is 22.4. The standard InChI is InChI=1S/C22H22N4O5/c1-15(21(27)24-18-8-4-3-7-17(18)14-23)31-22(28)16-9-10-19(20(13-16)26(29)30)25-11-5-2-6-12-25/h3-4,7-10,13,15H,2,5-6,11-12H2,1H3,(H,24,27)/t15-/m1/s1. The van der Waals surface area contributed by atoms with Crippen molar-refractivity contribution >= 4 is 28.9 Å². The molecule has 31 heavy (non-hydrogen) atoms. The van der Waals surface area contributed by atoms with Crippen molar-refractivity contribution in [3.63, 3.8) is 0 Å². The third-order valence-electron chi connectivity index (χ3n) is 5.06. The summed E-state index contributed by atoms with van der Waals surface area (Å²) in [6.45, 7) is 2.84. The molecule has 1 aliphatic rings. The fourth-order valence-corrected chi connectivity index (χ4v) is 3.40. The molecule has 9 nitrogen and oxygen atoms in total. The summed E-state index contributed by atoms with van der Waals surface area (Å²) < 4.78 is 5.19. The number of hydrogen-bond acceptors (Lipinski definition) is 7. The number of carbonyl (C=O) groups is 2. The molecule has 0 bridgehead atoms. The van der Waals surface area contributed by atoms with Crippen LogP contribution in [0.2, 0.25) is 0 Å². The van der Waals surface area contributed by atoms with E-state index in [-0.39, 0.29) is 16.8 Å². The number of carbonyl (C=O) groups excluding carboxylic acids is 2. The summed E-state index contributed by atoms with van der Waals surface area (Å²) in [5.41, 5.74) is 0.874. The van der Waals surface area contributed by atoms with Gasteiger partial charge in [-0.25, -0.2) is 4.79 Å². The molecule has 1 aliphatic heterocycles. The molecule has 1 atom stereocenters. The van der Waals surface area contributed by atoms with Crippen LogP contribution in [0, 0.1) is 21.4 Å². The van der Waals surface area contributed by atoms with Crippen molar-refractivity contribution in [3.05, 3.63) is 63.7 Å². The molecule has 0 saturated carbocycles.